The molecule has 0 saturated carbocycles. The Morgan fingerprint density at radius 1 is 1.05 bits per heavy atom. The van der Waals surface area contributed by atoms with Gasteiger partial charge in [-0.25, -0.2) is 4.90 Å². The van der Waals surface area contributed by atoms with Crippen LogP contribution >= 0.6 is 0 Å². The van der Waals surface area contributed by atoms with Gasteiger partial charge in [-0.05, 0) is 23.8 Å². The first-order valence-electron chi connectivity index (χ1n) is 6.62. The number of carbonyl (C=O) groups excluding carboxylic acids is 2. The molecule has 1 heterocycles. The van der Waals surface area contributed by atoms with E-state index in [1.807, 2.05) is 36.4 Å². The number of rotatable bonds is 2. The first-order valence-corrected chi connectivity index (χ1v) is 6.62. The van der Waals surface area contributed by atoms with Crippen LogP contribution in [0.2, 0.25) is 0 Å². The second kappa shape index (κ2) is 5.22. The van der Waals surface area contributed by atoms with E-state index in [4.69, 9.17) is 5.26 Å². The Kier molecular flexibility index (Phi) is 3.25. The summed E-state index contributed by atoms with van der Waals surface area (Å²) in [6.45, 7) is 0. The minimum absolute atomic E-state index is 0.166. The van der Waals surface area contributed by atoms with Crippen LogP contribution in [0, 0.1) is 11.3 Å². The fourth-order valence-corrected chi connectivity index (χ4v) is 2.56. The predicted molar refractivity (Wildman–Crippen MR) is 77.5 cm³/mol. The number of hydrogen-bond donors (Lipinski definition) is 0. The highest BCUT2D eigenvalue weighted by molar-refractivity contribution is 6.22. The molecule has 2 aromatic carbocycles. The average Bonchev–Trinajstić information content (AvgIpc) is 2.83. The van der Waals surface area contributed by atoms with E-state index < -0.39 is 5.92 Å². The lowest BCUT2D eigenvalue weighted by Gasteiger charge is -2.15. The van der Waals surface area contributed by atoms with Crippen molar-refractivity contribution >= 4 is 17.5 Å². The van der Waals surface area contributed by atoms with Gasteiger partial charge in [-0.2, -0.15) is 5.26 Å². The molecule has 0 aliphatic carbocycles. The zero-order valence-electron chi connectivity index (χ0n) is 11.2. The van der Waals surface area contributed by atoms with Crippen molar-refractivity contribution in [2.45, 2.75) is 12.3 Å². The Morgan fingerprint density at radius 2 is 1.81 bits per heavy atom. The maximum atomic E-state index is 12.5. The topological polar surface area (TPSA) is 61.2 Å². The molecule has 3 rings (SSSR count). The van der Waals surface area contributed by atoms with Gasteiger partial charge in [0.2, 0.25) is 11.8 Å². The van der Waals surface area contributed by atoms with Gasteiger partial charge < -0.3 is 0 Å². The number of nitrogens with zero attached hydrogens (tertiary/aromatic N) is 2. The molecule has 1 saturated heterocycles. The molecule has 2 aromatic rings. The number of benzene rings is 2. The normalized spacial score (nSPS) is 17.9. The van der Waals surface area contributed by atoms with Gasteiger partial charge in [0, 0.05) is 6.42 Å². The molecule has 21 heavy (non-hydrogen) atoms. The molecule has 0 radical (unpaired) electrons. The van der Waals surface area contributed by atoms with Crippen LogP contribution in [-0.4, -0.2) is 11.8 Å². The van der Waals surface area contributed by atoms with Gasteiger partial charge in [0.25, 0.3) is 0 Å². The lowest BCUT2D eigenvalue weighted by molar-refractivity contribution is -0.121. The third-order valence-corrected chi connectivity index (χ3v) is 3.58. The summed E-state index contributed by atoms with van der Waals surface area (Å²) in [4.78, 5) is 25.9. The van der Waals surface area contributed by atoms with Crippen LogP contribution in [0.25, 0.3) is 0 Å². The summed E-state index contributed by atoms with van der Waals surface area (Å²) >= 11 is 0. The molecule has 1 aliphatic heterocycles. The standard InChI is InChI=1S/C17H12N2O2/c18-11-12-5-4-8-14(9-12)19-16(20)10-15(17(19)21)13-6-2-1-3-7-13/h1-9,15H,10H2. The highest BCUT2D eigenvalue weighted by Gasteiger charge is 2.40. The van der Waals surface area contributed by atoms with Crippen molar-refractivity contribution in [3.8, 4) is 6.07 Å². The number of carbonyl (C=O) groups is 2. The number of anilines is 1. The van der Waals surface area contributed by atoms with Crippen LogP contribution < -0.4 is 4.90 Å². The van der Waals surface area contributed by atoms with E-state index in [1.165, 1.54) is 4.90 Å². The predicted octanol–water partition coefficient (Wildman–Crippen LogP) is 2.61. The van der Waals surface area contributed by atoms with E-state index in [-0.39, 0.29) is 18.2 Å². The molecule has 2 amide bonds. The lowest BCUT2D eigenvalue weighted by Crippen LogP contribution is -2.30. The lowest BCUT2D eigenvalue weighted by atomic mass is 9.98. The van der Waals surface area contributed by atoms with Gasteiger partial charge in [-0.1, -0.05) is 36.4 Å². The van der Waals surface area contributed by atoms with Gasteiger partial charge >= 0.3 is 0 Å². The maximum Gasteiger partial charge on any atom is 0.241 e. The molecule has 1 unspecified atom stereocenters. The maximum absolute atomic E-state index is 12.5. The summed E-state index contributed by atoms with van der Waals surface area (Å²) < 4.78 is 0. The minimum Gasteiger partial charge on any atom is -0.274 e. The third kappa shape index (κ3) is 2.30. The van der Waals surface area contributed by atoms with Gasteiger partial charge in [0.05, 0.1) is 23.2 Å². The Labute approximate surface area is 122 Å². The fourth-order valence-electron chi connectivity index (χ4n) is 2.56. The van der Waals surface area contributed by atoms with Crippen molar-refractivity contribution in [2.24, 2.45) is 0 Å². The smallest absolute Gasteiger partial charge is 0.241 e. The van der Waals surface area contributed by atoms with Gasteiger partial charge in [-0.3, -0.25) is 9.59 Å². The van der Waals surface area contributed by atoms with E-state index in [0.717, 1.165) is 5.56 Å². The first kappa shape index (κ1) is 13.1. The molecule has 0 aromatic heterocycles. The third-order valence-electron chi connectivity index (χ3n) is 3.58. The fraction of sp³-hybridized carbons (Fsp3) is 0.118. The van der Waals surface area contributed by atoms with Crippen molar-refractivity contribution in [1.29, 1.82) is 5.26 Å². The largest absolute Gasteiger partial charge is 0.274 e. The Balaban J connectivity index is 1.96. The molecule has 0 N–H and O–H groups in total. The monoisotopic (exact) mass is 276 g/mol. The second-order valence-electron chi connectivity index (χ2n) is 4.90. The van der Waals surface area contributed by atoms with Gasteiger partial charge in [0.15, 0.2) is 0 Å². The van der Waals surface area contributed by atoms with Crippen LogP contribution in [0.5, 0.6) is 0 Å². The van der Waals surface area contributed by atoms with E-state index in [0.29, 0.717) is 11.3 Å². The summed E-state index contributed by atoms with van der Waals surface area (Å²) in [6, 6.07) is 17.8. The van der Waals surface area contributed by atoms with Crippen molar-refractivity contribution in [1.82, 2.24) is 0 Å². The molecule has 4 nitrogen and oxygen atoms in total. The van der Waals surface area contributed by atoms with E-state index >= 15 is 0 Å². The summed E-state index contributed by atoms with van der Waals surface area (Å²) in [7, 11) is 0. The molecule has 0 spiro atoms. The number of imide groups is 1. The van der Waals surface area contributed by atoms with E-state index in [9.17, 15) is 9.59 Å². The van der Waals surface area contributed by atoms with E-state index in [1.54, 1.807) is 24.3 Å². The molecular weight excluding hydrogens is 264 g/mol. The highest BCUT2D eigenvalue weighted by atomic mass is 16.2. The van der Waals surface area contributed by atoms with Gasteiger partial charge in [0.1, 0.15) is 0 Å². The van der Waals surface area contributed by atoms with Crippen LogP contribution in [0.3, 0.4) is 0 Å². The Morgan fingerprint density at radius 3 is 2.52 bits per heavy atom. The van der Waals surface area contributed by atoms with Crippen molar-refractivity contribution < 1.29 is 9.59 Å². The molecule has 4 heteroatoms. The van der Waals surface area contributed by atoms with Crippen LogP contribution in [0.4, 0.5) is 5.69 Å². The molecule has 1 fully saturated rings. The van der Waals surface area contributed by atoms with Crippen molar-refractivity contribution in [2.75, 3.05) is 4.90 Å². The zero-order chi connectivity index (χ0) is 14.8. The summed E-state index contributed by atoms with van der Waals surface area (Å²) in [6.07, 6.45) is 0.166. The Hall–Kier alpha value is -2.93. The second-order valence-corrected chi connectivity index (χ2v) is 4.90. The summed E-state index contributed by atoms with van der Waals surface area (Å²) in [5.41, 5.74) is 1.73. The average molecular weight is 276 g/mol. The van der Waals surface area contributed by atoms with Crippen LogP contribution in [-0.2, 0) is 9.59 Å². The van der Waals surface area contributed by atoms with Crippen molar-refractivity contribution in [3.05, 3.63) is 65.7 Å². The summed E-state index contributed by atoms with van der Waals surface area (Å²) in [5, 5.41) is 8.93. The van der Waals surface area contributed by atoms with Gasteiger partial charge in [-0.15, -0.1) is 0 Å². The van der Waals surface area contributed by atoms with Crippen LogP contribution in [0.1, 0.15) is 23.5 Å². The Bertz CT molecular complexity index is 747. The number of hydrogen-bond acceptors (Lipinski definition) is 3. The van der Waals surface area contributed by atoms with E-state index in [2.05, 4.69) is 0 Å². The summed E-state index contributed by atoms with van der Waals surface area (Å²) in [5.74, 6) is -0.908. The molecule has 102 valence electrons. The number of nitriles is 1. The minimum atomic E-state index is -0.440. The molecule has 1 atom stereocenters. The van der Waals surface area contributed by atoms with Crippen molar-refractivity contribution in [3.63, 3.8) is 0 Å². The first-order chi connectivity index (χ1) is 10.2. The molecule has 0 bridgehead atoms. The zero-order valence-corrected chi connectivity index (χ0v) is 11.2. The van der Waals surface area contributed by atoms with Crippen LogP contribution in [0.15, 0.2) is 54.6 Å². The molecular formula is C17H12N2O2. The quantitative estimate of drug-likeness (QED) is 0.792. The SMILES string of the molecule is N#Cc1cccc(N2C(=O)CC(c3ccccc3)C2=O)c1. The molecule has 1 aliphatic rings. The number of amides is 2. The highest BCUT2D eigenvalue weighted by Crippen LogP contribution is 2.33.